The fourth-order valence-corrected chi connectivity index (χ4v) is 2.07. The second-order valence-corrected chi connectivity index (χ2v) is 4.63. The van der Waals surface area contributed by atoms with Gasteiger partial charge in [-0.05, 0) is 24.3 Å². The monoisotopic (exact) mass is 297 g/mol. The number of nitrogens with two attached hydrogens (primary N) is 1. The lowest BCUT2D eigenvalue weighted by Gasteiger charge is -2.12. The third-order valence-corrected chi connectivity index (χ3v) is 3.21. The first kappa shape index (κ1) is 13.9. The quantitative estimate of drug-likeness (QED) is 0.845. The van der Waals surface area contributed by atoms with Crippen molar-refractivity contribution in [3.05, 3.63) is 65.0 Å². The van der Waals surface area contributed by atoms with Gasteiger partial charge in [0.2, 0.25) is 5.91 Å². The Bertz CT molecular complexity index is 736. The van der Waals surface area contributed by atoms with Crippen LogP contribution < -0.4 is 5.73 Å². The molecule has 3 amide bonds. The molecule has 1 aliphatic heterocycles. The summed E-state index contributed by atoms with van der Waals surface area (Å²) in [5.74, 6) is -1.59. The fourth-order valence-electron chi connectivity index (χ4n) is 2.07. The molecule has 1 aromatic carbocycles. The molecule has 0 atom stereocenters. The molecule has 110 valence electrons. The summed E-state index contributed by atoms with van der Waals surface area (Å²) in [4.78, 5) is 44.3. The van der Waals surface area contributed by atoms with Crippen LogP contribution in [0.1, 0.15) is 36.8 Å². The average Bonchev–Trinajstić information content (AvgIpc) is 2.78. The molecule has 3 rings (SSSR count). The van der Waals surface area contributed by atoms with Crippen LogP contribution in [0.3, 0.4) is 0 Å². The smallest absolute Gasteiger partial charge is 0.285 e. The number of imide groups is 1. The van der Waals surface area contributed by atoms with Gasteiger partial charge in [0.25, 0.3) is 11.8 Å². The number of amides is 3. The zero-order valence-corrected chi connectivity index (χ0v) is 11.4. The highest BCUT2D eigenvalue weighted by Gasteiger charge is 2.36. The van der Waals surface area contributed by atoms with E-state index in [9.17, 15) is 14.4 Å². The number of rotatable bonds is 4. The summed E-state index contributed by atoms with van der Waals surface area (Å²) in [7, 11) is 0. The number of aromatic nitrogens is 1. The van der Waals surface area contributed by atoms with E-state index in [1.807, 2.05) is 0 Å². The van der Waals surface area contributed by atoms with E-state index >= 15 is 0 Å². The van der Waals surface area contributed by atoms with Crippen LogP contribution in [0.25, 0.3) is 0 Å². The lowest BCUT2D eigenvalue weighted by Crippen LogP contribution is -2.29. The van der Waals surface area contributed by atoms with Crippen molar-refractivity contribution < 1.29 is 19.2 Å². The van der Waals surface area contributed by atoms with Gasteiger partial charge in [-0.1, -0.05) is 12.1 Å². The Morgan fingerprint density at radius 2 is 1.73 bits per heavy atom. The molecule has 1 aromatic heterocycles. The number of carbonyl (C=O) groups is 3. The van der Waals surface area contributed by atoms with E-state index in [1.165, 1.54) is 18.3 Å². The van der Waals surface area contributed by atoms with Crippen LogP contribution in [0.2, 0.25) is 0 Å². The van der Waals surface area contributed by atoms with Gasteiger partial charge in [-0.25, -0.2) is 0 Å². The molecule has 7 heteroatoms. The molecule has 22 heavy (non-hydrogen) atoms. The Morgan fingerprint density at radius 1 is 1.09 bits per heavy atom. The molecular formula is C15H11N3O4. The van der Waals surface area contributed by atoms with Crippen molar-refractivity contribution >= 4 is 17.7 Å². The van der Waals surface area contributed by atoms with Crippen LogP contribution in [0.5, 0.6) is 0 Å². The van der Waals surface area contributed by atoms with Gasteiger partial charge in [0.05, 0.1) is 22.4 Å². The minimum Gasteiger partial charge on any atom is -0.366 e. The van der Waals surface area contributed by atoms with Crippen molar-refractivity contribution in [2.45, 2.75) is 6.61 Å². The van der Waals surface area contributed by atoms with E-state index in [1.54, 1.807) is 24.3 Å². The van der Waals surface area contributed by atoms with E-state index in [4.69, 9.17) is 10.6 Å². The van der Waals surface area contributed by atoms with Gasteiger partial charge < -0.3 is 5.73 Å². The molecule has 0 saturated carbocycles. The molecule has 1 aliphatic rings. The predicted molar refractivity (Wildman–Crippen MR) is 74.5 cm³/mol. The predicted octanol–water partition coefficient (Wildman–Crippen LogP) is 0.908. The molecule has 0 spiro atoms. The van der Waals surface area contributed by atoms with Crippen LogP contribution in [0, 0.1) is 0 Å². The van der Waals surface area contributed by atoms with Crippen LogP contribution in [-0.2, 0) is 11.4 Å². The van der Waals surface area contributed by atoms with Gasteiger partial charge in [0, 0.05) is 6.20 Å². The van der Waals surface area contributed by atoms with Gasteiger partial charge in [-0.15, -0.1) is 5.06 Å². The molecule has 2 heterocycles. The van der Waals surface area contributed by atoms with Crippen molar-refractivity contribution in [2.24, 2.45) is 5.73 Å². The second-order valence-electron chi connectivity index (χ2n) is 4.63. The summed E-state index contributed by atoms with van der Waals surface area (Å²) in [6.07, 6.45) is 1.31. The van der Waals surface area contributed by atoms with Crippen LogP contribution >= 0.6 is 0 Å². The number of hydroxylamine groups is 2. The summed E-state index contributed by atoms with van der Waals surface area (Å²) in [6.45, 7) is -0.0789. The van der Waals surface area contributed by atoms with Crippen LogP contribution in [-0.4, -0.2) is 27.8 Å². The molecule has 0 radical (unpaired) electrons. The summed E-state index contributed by atoms with van der Waals surface area (Å²) in [6, 6.07) is 9.53. The van der Waals surface area contributed by atoms with E-state index < -0.39 is 17.7 Å². The van der Waals surface area contributed by atoms with E-state index in [0.29, 0.717) is 21.9 Å². The highest BCUT2D eigenvalue weighted by atomic mass is 16.7. The highest BCUT2D eigenvalue weighted by Crippen LogP contribution is 2.23. The second kappa shape index (κ2) is 5.38. The van der Waals surface area contributed by atoms with Crippen molar-refractivity contribution in [1.82, 2.24) is 10.0 Å². The number of hydrogen-bond donors (Lipinski definition) is 1. The third kappa shape index (κ3) is 2.33. The normalized spacial score (nSPS) is 13.4. The first-order valence-corrected chi connectivity index (χ1v) is 6.43. The number of hydrogen-bond acceptors (Lipinski definition) is 5. The van der Waals surface area contributed by atoms with Crippen LogP contribution in [0.15, 0.2) is 42.6 Å². The number of fused-ring (bicyclic) bond motifs is 1. The minimum absolute atomic E-state index is 0.0789. The topological polar surface area (TPSA) is 103 Å². The molecule has 0 saturated heterocycles. The molecule has 2 aromatic rings. The first-order valence-electron chi connectivity index (χ1n) is 6.43. The molecular weight excluding hydrogens is 286 g/mol. The Balaban J connectivity index is 1.71. The molecule has 0 fully saturated rings. The van der Waals surface area contributed by atoms with Crippen molar-refractivity contribution in [2.75, 3.05) is 0 Å². The van der Waals surface area contributed by atoms with Crippen molar-refractivity contribution in [3.8, 4) is 0 Å². The summed E-state index contributed by atoms with van der Waals surface area (Å²) < 4.78 is 0. The minimum atomic E-state index is -0.583. The summed E-state index contributed by atoms with van der Waals surface area (Å²) in [5, 5.41) is 0.717. The molecule has 0 bridgehead atoms. The van der Waals surface area contributed by atoms with Gasteiger partial charge in [-0.3, -0.25) is 24.2 Å². The lowest BCUT2D eigenvalue weighted by atomic mass is 10.1. The van der Waals surface area contributed by atoms with Crippen molar-refractivity contribution in [1.29, 1.82) is 0 Å². The Labute approximate surface area is 125 Å². The maximum Gasteiger partial charge on any atom is 0.285 e. The Kier molecular flexibility index (Phi) is 3.40. The van der Waals surface area contributed by atoms with E-state index in [2.05, 4.69) is 4.98 Å². The average molecular weight is 297 g/mol. The first-order chi connectivity index (χ1) is 10.6. The number of benzene rings is 1. The SMILES string of the molecule is NC(=O)c1ccc(CON2C(=O)c3ccccc3C2=O)nc1. The Hall–Kier alpha value is -3.06. The maximum atomic E-state index is 12.1. The molecule has 0 unspecified atom stereocenters. The van der Waals surface area contributed by atoms with Gasteiger partial charge in [-0.2, -0.15) is 0 Å². The number of primary amides is 1. The maximum absolute atomic E-state index is 12.1. The van der Waals surface area contributed by atoms with Gasteiger partial charge in [0.15, 0.2) is 0 Å². The third-order valence-electron chi connectivity index (χ3n) is 3.21. The Morgan fingerprint density at radius 3 is 2.23 bits per heavy atom. The van der Waals surface area contributed by atoms with Gasteiger partial charge in [0.1, 0.15) is 6.61 Å². The number of nitrogens with zero attached hydrogens (tertiary/aromatic N) is 2. The standard InChI is InChI=1S/C15H11N3O4/c16-13(19)9-5-6-10(17-7-9)8-22-18-14(20)11-3-1-2-4-12(11)15(18)21/h1-7H,8H2,(H2,16,19). The van der Waals surface area contributed by atoms with E-state index in [-0.39, 0.29) is 12.2 Å². The molecule has 0 aliphatic carbocycles. The van der Waals surface area contributed by atoms with Gasteiger partial charge >= 0.3 is 0 Å². The molecule has 7 nitrogen and oxygen atoms in total. The summed E-state index contributed by atoms with van der Waals surface area (Å²) in [5.41, 5.74) is 6.46. The number of pyridine rings is 1. The summed E-state index contributed by atoms with van der Waals surface area (Å²) >= 11 is 0. The fraction of sp³-hybridized carbons (Fsp3) is 0.0667. The van der Waals surface area contributed by atoms with E-state index in [0.717, 1.165) is 0 Å². The number of carbonyl (C=O) groups excluding carboxylic acids is 3. The zero-order valence-electron chi connectivity index (χ0n) is 11.4. The zero-order chi connectivity index (χ0) is 15.7. The van der Waals surface area contributed by atoms with Crippen LogP contribution in [0.4, 0.5) is 0 Å². The molecule has 2 N–H and O–H groups in total. The largest absolute Gasteiger partial charge is 0.366 e. The van der Waals surface area contributed by atoms with Crippen molar-refractivity contribution in [3.63, 3.8) is 0 Å². The lowest BCUT2D eigenvalue weighted by molar-refractivity contribution is -0.102. The highest BCUT2D eigenvalue weighted by molar-refractivity contribution is 6.20.